The van der Waals surface area contributed by atoms with Gasteiger partial charge in [-0.2, -0.15) is 4.39 Å². The van der Waals surface area contributed by atoms with Crippen LogP contribution >= 0.6 is 0 Å². The van der Waals surface area contributed by atoms with Gasteiger partial charge in [0.25, 0.3) is 0 Å². The SMILES string of the molecule is CCOc1ccc(C2CCC(C(=O)Oc3ccc(-c4ccc(CC)cc4)c(F)c3F)CC2)c(F)c1. The summed E-state index contributed by atoms with van der Waals surface area (Å²) < 4.78 is 54.6. The van der Waals surface area contributed by atoms with E-state index < -0.39 is 29.3 Å². The number of rotatable bonds is 7. The van der Waals surface area contributed by atoms with E-state index in [9.17, 15) is 18.0 Å². The second kappa shape index (κ2) is 11.0. The molecule has 1 saturated carbocycles. The number of esters is 1. The molecule has 0 radical (unpaired) electrons. The molecule has 184 valence electrons. The van der Waals surface area contributed by atoms with Crippen molar-refractivity contribution in [1.29, 1.82) is 0 Å². The fourth-order valence-corrected chi connectivity index (χ4v) is 4.68. The van der Waals surface area contributed by atoms with Gasteiger partial charge in [-0.05, 0) is 79.8 Å². The van der Waals surface area contributed by atoms with E-state index in [0.29, 0.717) is 49.2 Å². The molecular weight excluding hydrogens is 453 g/mol. The Balaban J connectivity index is 1.39. The van der Waals surface area contributed by atoms with E-state index in [1.807, 2.05) is 26.0 Å². The first-order chi connectivity index (χ1) is 16.9. The van der Waals surface area contributed by atoms with E-state index >= 15 is 0 Å². The van der Waals surface area contributed by atoms with E-state index in [4.69, 9.17) is 9.47 Å². The average Bonchev–Trinajstić information content (AvgIpc) is 2.87. The number of carbonyl (C=O) groups is 1. The van der Waals surface area contributed by atoms with E-state index in [-0.39, 0.29) is 17.3 Å². The lowest BCUT2D eigenvalue weighted by atomic mass is 9.78. The van der Waals surface area contributed by atoms with Crippen molar-refractivity contribution < 1.29 is 27.4 Å². The maximum Gasteiger partial charge on any atom is 0.314 e. The van der Waals surface area contributed by atoms with Crippen LogP contribution in [-0.4, -0.2) is 12.6 Å². The molecule has 35 heavy (non-hydrogen) atoms. The van der Waals surface area contributed by atoms with Gasteiger partial charge in [0, 0.05) is 11.6 Å². The highest BCUT2D eigenvalue weighted by Crippen LogP contribution is 2.39. The first kappa shape index (κ1) is 24.8. The topological polar surface area (TPSA) is 35.5 Å². The summed E-state index contributed by atoms with van der Waals surface area (Å²) in [5.41, 5.74) is 2.37. The maximum absolute atomic E-state index is 14.8. The molecule has 0 saturated heterocycles. The van der Waals surface area contributed by atoms with Gasteiger partial charge in [-0.15, -0.1) is 0 Å². The van der Waals surface area contributed by atoms with Crippen molar-refractivity contribution in [2.75, 3.05) is 6.61 Å². The number of carbonyl (C=O) groups excluding carboxylic acids is 1. The summed E-state index contributed by atoms with van der Waals surface area (Å²) >= 11 is 0. The molecule has 3 aromatic carbocycles. The van der Waals surface area contributed by atoms with Crippen LogP contribution < -0.4 is 9.47 Å². The molecule has 1 fully saturated rings. The number of halogens is 3. The number of aryl methyl sites for hydroxylation is 1. The summed E-state index contributed by atoms with van der Waals surface area (Å²) in [5.74, 6) is -3.51. The molecule has 0 aromatic heterocycles. The van der Waals surface area contributed by atoms with Crippen molar-refractivity contribution in [3.05, 3.63) is 83.2 Å². The predicted octanol–water partition coefficient (Wildman–Crippen LogP) is 7.61. The molecular formula is C29H29F3O3. The predicted molar refractivity (Wildman–Crippen MR) is 129 cm³/mol. The van der Waals surface area contributed by atoms with Crippen molar-refractivity contribution in [1.82, 2.24) is 0 Å². The van der Waals surface area contributed by atoms with Crippen LogP contribution in [0.5, 0.6) is 11.5 Å². The first-order valence-corrected chi connectivity index (χ1v) is 12.1. The maximum atomic E-state index is 14.8. The largest absolute Gasteiger partial charge is 0.494 e. The molecule has 6 heteroatoms. The Kier molecular flexibility index (Phi) is 7.79. The standard InChI is InChI=1S/C29H29F3O3/c1-3-18-5-7-20(8-6-18)24-15-16-26(28(32)27(24)31)35-29(33)21-11-9-19(10-12-21)23-14-13-22(34-4-2)17-25(23)30/h5-8,13-17,19,21H,3-4,9-12H2,1-2H3. The van der Waals surface area contributed by atoms with Gasteiger partial charge in [-0.25, -0.2) is 8.78 Å². The number of benzene rings is 3. The van der Waals surface area contributed by atoms with Gasteiger partial charge in [-0.3, -0.25) is 4.79 Å². The van der Waals surface area contributed by atoms with Crippen LogP contribution in [0.4, 0.5) is 13.2 Å². The summed E-state index contributed by atoms with van der Waals surface area (Å²) in [5, 5.41) is 0. The zero-order chi connectivity index (χ0) is 24.9. The normalized spacial score (nSPS) is 17.7. The van der Waals surface area contributed by atoms with Crippen molar-refractivity contribution in [3.63, 3.8) is 0 Å². The highest BCUT2D eigenvalue weighted by molar-refractivity contribution is 5.76. The second-order valence-electron chi connectivity index (χ2n) is 8.88. The lowest BCUT2D eigenvalue weighted by Crippen LogP contribution is -2.25. The first-order valence-electron chi connectivity index (χ1n) is 12.1. The Morgan fingerprint density at radius 1 is 0.886 bits per heavy atom. The molecule has 0 spiro atoms. The van der Waals surface area contributed by atoms with E-state index in [1.165, 1.54) is 18.2 Å². The van der Waals surface area contributed by atoms with Gasteiger partial charge < -0.3 is 9.47 Å². The monoisotopic (exact) mass is 482 g/mol. The van der Waals surface area contributed by atoms with Gasteiger partial charge in [0.1, 0.15) is 11.6 Å². The van der Waals surface area contributed by atoms with Gasteiger partial charge in [0.15, 0.2) is 11.6 Å². The minimum Gasteiger partial charge on any atom is -0.494 e. The molecule has 0 bridgehead atoms. The lowest BCUT2D eigenvalue weighted by molar-refractivity contribution is -0.140. The molecule has 0 unspecified atom stereocenters. The van der Waals surface area contributed by atoms with Gasteiger partial charge in [0.05, 0.1) is 12.5 Å². The quantitative estimate of drug-likeness (QED) is 0.257. The molecule has 1 aliphatic carbocycles. The molecule has 3 aromatic rings. The Bertz CT molecular complexity index is 1180. The highest BCUT2D eigenvalue weighted by Gasteiger charge is 2.30. The fraction of sp³-hybridized carbons (Fsp3) is 0.345. The summed E-state index contributed by atoms with van der Waals surface area (Å²) in [6, 6.07) is 14.8. The minimum atomic E-state index is -1.18. The van der Waals surface area contributed by atoms with Crippen molar-refractivity contribution >= 4 is 5.97 Å². The van der Waals surface area contributed by atoms with Crippen LogP contribution in [0, 0.1) is 23.4 Å². The summed E-state index contributed by atoms with van der Waals surface area (Å²) in [6.07, 6.45) is 3.04. The van der Waals surface area contributed by atoms with Gasteiger partial charge in [0.2, 0.25) is 5.82 Å². The average molecular weight is 483 g/mol. The number of ether oxygens (including phenoxy) is 2. The summed E-state index contributed by atoms with van der Waals surface area (Å²) in [4.78, 5) is 12.7. The zero-order valence-electron chi connectivity index (χ0n) is 20.0. The fourth-order valence-electron chi connectivity index (χ4n) is 4.68. The Labute approximate surface area is 203 Å². The van der Waals surface area contributed by atoms with E-state index in [0.717, 1.165) is 12.0 Å². The van der Waals surface area contributed by atoms with Crippen LogP contribution in [0.15, 0.2) is 54.6 Å². The minimum absolute atomic E-state index is 0.0118. The third-order valence-corrected chi connectivity index (χ3v) is 6.71. The van der Waals surface area contributed by atoms with Crippen LogP contribution in [0.25, 0.3) is 11.1 Å². The van der Waals surface area contributed by atoms with Crippen LogP contribution in [0.3, 0.4) is 0 Å². The molecule has 0 atom stereocenters. The van der Waals surface area contributed by atoms with Crippen LogP contribution in [-0.2, 0) is 11.2 Å². The summed E-state index contributed by atoms with van der Waals surface area (Å²) in [7, 11) is 0. The van der Waals surface area contributed by atoms with Crippen LogP contribution in [0.2, 0.25) is 0 Å². The summed E-state index contributed by atoms with van der Waals surface area (Å²) in [6.45, 7) is 4.32. The Hall–Kier alpha value is -3.28. The van der Waals surface area contributed by atoms with Crippen molar-refractivity contribution in [2.45, 2.75) is 51.9 Å². The van der Waals surface area contributed by atoms with E-state index in [1.54, 1.807) is 24.3 Å². The molecule has 4 rings (SSSR count). The zero-order valence-corrected chi connectivity index (χ0v) is 20.0. The van der Waals surface area contributed by atoms with Crippen molar-refractivity contribution in [2.24, 2.45) is 5.92 Å². The van der Waals surface area contributed by atoms with Crippen LogP contribution in [0.1, 0.15) is 56.6 Å². The van der Waals surface area contributed by atoms with Crippen molar-refractivity contribution in [3.8, 4) is 22.6 Å². The van der Waals surface area contributed by atoms with Gasteiger partial charge in [-0.1, -0.05) is 37.3 Å². The molecule has 0 amide bonds. The van der Waals surface area contributed by atoms with E-state index in [2.05, 4.69) is 0 Å². The Morgan fingerprint density at radius 3 is 2.23 bits per heavy atom. The number of hydrogen-bond donors (Lipinski definition) is 0. The molecule has 0 N–H and O–H groups in total. The highest BCUT2D eigenvalue weighted by atomic mass is 19.2. The molecule has 0 aliphatic heterocycles. The smallest absolute Gasteiger partial charge is 0.314 e. The third-order valence-electron chi connectivity index (χ3n) is 6.71. The molecule has 1 aliphatic rings. The third kappa shape index (κ3) is 5.53. The molecule has 0 heterocycles. The van der Waals surface area contributed by atoms with Gasteiger partial charge >= 0.3 is 5.97 Å². The molecule has 3 nitrogen and oxygen atoms in total. The lowest BCUT2D eigenvalue weighted by Gasteiger charge is -2.28. The number of hydrogen-bond acceptors (Lipinski definition) is 3. The Morgan fingerprint density at radius 2 is 1.60 bits per heavy atom. The second-order valence-corrected chi connectivity index (χ2v) is 8.88.